The van der Waals surface area contributed by atoms with Crippen LogP contribution in [0.4, 0.5) is 11.4 Å². The lowest BCUT2D eigenvalue weighted by Gasteiger charge is -2.17. The summed E-state index contributed by atoms with van der Waals surface area (Å²) in [6.07, 6.45) is 4.42. The van der Waals surface area contributed by atoms with Crippen LogP contribution in [-0.2, 0) is 0 Å². The molecule has 1 saturated heterocycles. The van der Waals surface area contributed by atoms with Gasteiger partial charge in [-0.3, -0.25) is 9.79 Å². The first-order valence-electron chi connectivity index (χ1n) is 7.72. The molecule has 0 amide bonds. The Bertz CT molecular complexity index is 683. The molecule has 0 aliphatic carbocycles. The molecule has 3 heteroatoms. The summed E-state index contributed by atoms with van der Waals surface area (Å²) in [5.41, 5.74) is 3.85. The normalized spacial score (nSPS) is 14.7. The van der Waals surface area contributed by atoms with Gasteiger partial charge in [-0.15, -0.1) is 0 Å². The summed E-state index contributed by atoms with van der Waals surface area (Å²) in [6, 6.07) is 15.9. The molecule has 0 aromatic heterocycles. The highest BCUT2D eigenvalue weighted by atomic mass is 16.1. The van der Waals surface area contributed by atoms with Crippen LogP contribution in [0.15, 0.2) is 53.5 Å². The van der Waals surface area contributed by atoms with E-state index >= 15 is 0 Å². The van der Waals surface area contributed by atoms with E-state index in [1.54, 1.807) is 6.92 Å². The van der Waals surface area contributed by atoms with Crippen molar-refractivity contribution in [2.24, 2.45) is 4.99 Å². The van der Waals surface area contributed by atoms with Gasteiger partial charge in [-0.05, 0) is 49.6 Å². The van der Waals surface area contributed by atoms with Crippen LogP contribution in [0.2, 0.25) is 0 Å². The van der Waals surface area contributed by atoms with E-state index in [9.17, 15) is 4.79 Å². The molecule has 1 aliphatic heterocycles. The molecule has 0 unspecified atom stereocenters. The number of ketones is 1. The molecule has 1 heterocycles. The van der Waals surface area contributed by atoms with E-state index in [2.05, 4.69) is 34.2 Å². The zero-order valence-electron chi connectivity index (χ0n) is 12.8. The minimum absolute atomic E-state index is 0.0621. The van der Waals surface area contributed by atoms with Gasteiger partial charge in [-0.1, -0.05) is 24.3 Å². The number of hydrogen-bond donors (Lipinski definition) is 0. The predicted octanol–water partition coefficient (Wildman–Crippen LogP) is 4.24. The Kier molecular flexibility index (Phi) is 4.33. The SMILES string of the molecule is CC(=O)c1cccc(N=Cc2ccc(N3CCCC3)cc2)c1. The molecule has 0 spiro atoms. The number of rotatable bonds is 4. The van der Waals surface area contributed by atoms with Crippen LogP contribution in [0.3, 0.4) is 0 Å². The second kappa shape index (κ2) is 6.56. The van der Waals surface area contributed by atoms with Crippen molar-refractivity contribution >= 4 is 23.4 Å². The van der Waals surface area contributed by atoms with Crippen LogP contribution < -0.4 is 4.90 Å². The van der Waals surface area contributed by atoms with E-state index in [4.69, 9.17) is 0 Å². The largest absolute Gasteiger partial charge is 0.372 e. The van der Waals surface area contributed by atoms with Crippen LogP contribution in [0.1, 0.15) is 35.7 Å². The van der Waals surface area contributed by atoms with Gasteiger partial charge >= 0.3 is 0 Å². The molecule has 0 N–H and O–H groups in total. The molecule has 0 bridgehead atoms. The van der Waals surface area contributed by atoms with Crippen molar-refractivity contribution in [1.29, 1.82) is 0 Å². The number of hydrogen-bond acceptors (Lipinski definition) is 3. The fraction of sp³-hybridized carbons (Fsp3) is 0.263. The summed E-state index contributed by atoms with van der Waals surface area (Å²) < 4.78 is 0. The quantitative estimate of drug-likeness (QED) is 0.623. The topological polar surface area (TPSA) is 32.7 Å². The van der Waals surface area contributed by atoms with Gasteiger partial charge in [-0.2, -0.15) is 0 Å². The standard InChI is InChI=1S/C19H20N2O/c1-15(22)17-5-4-6-18(13-17)20-14-16-7-9-19(10-8-16)21-11-2-3-12-21/h4-10,13-14H,2-3,11-12H2,1H3. The maximum absolute atomic E-state index is 11.4. The van der Waals surface area contributed by atoms with Gasteiger partial charge in [0.2, 0.25) is 0 Å². The molecule has 0 radical (unpaired) electrons. The van der Waals surface area contributed by atoms with E-state index in [1.165, 1.54) is 18.5 Å². The fourth-order valence-electron chi connectivity index (χ4n) is 2.70. The maximum atomic E-state index is 11.4. The maximum Gasteiger partial charge on any atom is 0.159 e. The number of Topliss-reactive ketones (excluding diaryl/α,β-unsaturated/α-hetero) is 1. The van der Waals surface area contributed by atoms with Crippen LogP contribution in [-0.4, -0.2) is 25.1 Å². The highest BCUT2D eigenvalue weighted by Crippen LogP contribution is 2.20. The number of nitrogens with zero attached hydrogens (tertiary/aromatic N) is 2. The Labute approximate surface area is 131 Å². The van der Waals surface area contributed by atoms with Crippen molar-refractivity contribution in [3.05, 3.63) is 59.7 Å². The molecule has 3 nitrogen and oxygen atoms in total. The second-order valence-electron chi connectivity index (χ2n) is 5.65. The summed E-state index contributed by atoms with van der Waals surface area (Å²) in [6.45, 7) is 3.89. The predicted molar refractivity (Wildman–Crippen MR) is 91.6 cm³/mol. The number of carbonyl (C=O) groups excluding carboxylic acids is 1. The number of carbonyl (C=O) groups is 1. The van der Waals surface area contributed by atoms with E-state index in [-0.39, 0.29) is 5.78 Å². The lowest BCUT2D eigenvalue weighted by molar-refractivity contribution is 0.101. The van der Waals surface area contributed by atoms with Crippen LogP contribution in [0, 0.1) is 0 Å². The molecular formula is C19H20N2O. The minimum Gasteiger partial charge on any atom is -0.372 e. The molecule has 1 fully saturated rings. The van der Waals surface area contributed by atoms with Crippen molar-refractivity contribution in [2.45, 2.75) is 19.8 Å². The Morgan fingerprint density at radius 1 is 1.09 bits per heavy atom. The molecule has 0 atom stereocenters. The fourth-order valence-corrected chi connectivity index (χ4v) is 2.70. The molecule has 0 saturated carbocycles. The van der Waals surface area contributed by atoms with E-state index < -0.39 is 0 Å². The molecule has 112 valence electrons. The summed E-state index contributed by atoms with van der Waals surface area (Å²) in [5, 5.41) is 0. The van der Waals surface area contributed by atoms with Crippen molar-refractivity contribution in [3.8, 4) is 0 Å². The molecule has 3 rings (SSSR count). The average molecular weight is 292 g/mol. The highest BCUT2D eigenvalue weighted by Gasteiger charge is 2.11. The number of benzene rings is 2. The van der Waals surface area contributed by atoms with E-state index in [0.717, 1.165) is 24.3 Å². The van der Waals surface area contributed by atoms with Crippen LogP contribution in [0.5, 0.6) is 0 Å². The summed E-state index contributed by atoms with van der Waals surface area (Å²) >= 11 is 0. The Balaban J connectivity index is 1.72. The monoisotopic (exact) mass is 292 g/mol. The van der Waals surface area contributed by atoms with Gasteiger partial charge in [0.1, 0.15) is 0 Å². The summed E-state index contributed by atoms with van der Waals surface area (Å²) in [4.78, 5) is 18.2. The van der Waals surface area contributed by atoms with Crippen molar-refractivity contribution in [2.75, 3.05) is 18.0 Å². The zero-order valence-corrected chi connectivity index (χ0v) is 12.8. The zero-order chi connectivity index (χ0) is 15.4. The highest BCUT2D eigenvalue weighted by molar-refractivity contribution is 5.95. The van der Waals surface area contributed by atoms with Crippen molar-refractivity contribution in [3.63, 3.8) is 0 Å². The Morgan fingerprint density at radius 2 is 1.82 bits per heavy atom. The minimum atomic E-state index is 0.0621. The Hall–Kier alpha value is -2.42. The lowest BCUT2D eigenvalue weighted by atomic mass is 10.1. The summed E-state index contributed by atoms with van der Waals surface area (Å²) in [5.74, 6) is 0.0621. The van der Waals surface area contributed by atoms with Gasteiger partial charge in [0.05, 0.1) is 5.69 Å². The lowest BCUT2D eigenvalue weighted by Crippen LogP contribution is -2.17. The molecule has 2 aromatic rings. The third-order valence-electron chi connectivity index (χ3n) is 3.98. The summed E-state index contributed by atoms with van der Waals surface area (Å²) in [7, 11) is 0. The third-order valence-corrected chi connectivity index (χ3v) is 3.98. The number of anilines is 1. The second-order valence-corrected chi connectivity index (χ2v) is 5.65. The molecule has 1 aliphatic rings. The van der Waals surface area contributed by atoms with E-state index in [0.29, 0.717) is 5.56 Å². The van der Waals surface area contributed by atoms with Gasteiger partial charge < -0.3 is 4.90 Å². The molecular weight excluding hydrogens is 272 g/mol. The molecule has 2 aromatic carbocycles. The van der Waals surface area contributed by atoms with Crippen LogP contribution in [0.25, 0.3) is 0 Å². The molecule has 22 heavy (non-hydrogen) atoms. The van der Waals surface area contributed by atoms with Crippen molar-refractivity contribution < 1.29 is 4.79 Å². The van der Waals surface area contributed by atoms with Gasteiger partial charge in [0.25, 0.3) is 0 Å². The third kappa shape index (κ3) is 3.42. The van der Waals surface area contributed by atoms with Gasteiger partial charge in [0, 0.05) is 30.6 Å². The number of aliphatic imine (C=N–C) groups is 1. The van der Waals surface area contributed by atoms with Crippen molar-refractivity contribution in [1.82, 2.24) is 0 Å². The Morgan fingerprint density at radius 3 is 2.50 bits per heavy atom. The van der Waals surface area contributed by atoms with Gasteiger partial charge in [-0.25, -0.2) is 0 Å². The first kappa shape index (κ1) is 14.5. The first-order chi connectivity index (χ1) is 10.7. The first-order valence-corrected chi connectivity index (χ1v) is 7.72. The van der Waals surface area contributed by atoms with E-state index in [1.807, 2.05) is 30.5 Å². The smallest absolute Gasteiger partial charge is 0.159 e. The van der Waals surface area contributed by atoms with Gasteiger partial charge in [0.15, 0.2) is 5.78 Å². The average Bonchev–Trinajstić information content (AvgIpc) is 3.08. The van der Waals surface area contributed by atoms with Crippen LogP contribution >= 0.6 is 0 Å².